The van der Waals surface area contributed by atoms with Crippen LogP contribution in [0.3, 0.4) is 0 Å². The van der Waals surface area contributed by atoms with Gasteiger partial charge >= 0.3 is 0 Å². The molecule has 2 aromatic carbocycles. The third kappa shape index (κ3) is 3.60. The normalized spacial score (nSPS) is 17.2. The summed E-state index contributed by atoms with van der Waals surface area (Å²) in [4.78, 5) is 0.179. The maximum absolute atomic E-state index is 12.4. The van der Waals surface area contributed by atoms with Crippen molar-refractivity contribution in [3.63, 3.8) is 0 Å². The van der Waals surface area contributed by atoms with Crippen molar-refractivity contribution >= 4 is 21.6 Å². The van der Waals surface area contributed by atoms with Gasteiger partial charge in [-0.15, -0.1) is 0 Å². The first-order valence-electron chi connectivity index (χ1n) is 7.05. The number of ether oxygens (including phenoxy) is 2. The highest BCUT2D eigenvalue weighted by Crippen LogP contribution is 2.29. The van der Waals surface area contributed by atoms with Crippen LogP contribution in [0.5, 0.6) is 11.5 Å². The van der Waals surface area contributed by atoms with Crippen molar-refractivity contribution in [2.45, 2.75) is 17.4 Å². The molecule has 0 radical (unpaired) electrons. The Morgan fingerprint density at radius 3 is 2.65 bits per heavy atom. The summed E-state index contributed by atoms with van der Waals surface area (Å²) in [6.07, 6.45) is 0.541. The van der Waals surface area contributed by atoms with Gasteiger partial charge in [-0.2, -0.15) is 0 Å². The van der Waals surface area contributed by atoms with E-state index in [9.17, 15) is 8.42 Å². The molecule has 3 rings (SSSR count). The zero-order valence-corrected chi connectivity index (χ0v) is 14.0. The lowest BCUT2D eigenvalue weighted by Crippen LogP contribution is -2.42. The minimum Gasteiger partial charge on any atom is -0.497 e. The quantitative estimate of drug-likeness (QED) is 0.917. The molecule has 0 aliphatic carbocycles. The summed E-state index contributed by atoms with van der Waals surface area (Å²) in [6, 6.07) is 11.2. The third-order valence-electron chi connectivity index (χ3n) is 3.62. The van der Waals surface area contributed by atoms with Crippen LogP contribution in [0.15, 0.2) is 47.4 Å². The molecule has 0 amide bonds. The van der Waals surface area contributed by atoms with Crippen molar-refractivity contribution in [2.75, 3.05) is 13.7 Å². The van der Waals surface area contributed by atoms with Gasteiger partial charge in [0.2, 0.25) is 10.0 Å². The highest BCUT2D eigenvalue weighted by Gasteiger charge is 2.25. The van der Waals surface area contributed by atoms with Crippen molar-refractivity contribution in [2.24, 2.45) is 0 Å². The summed E-state index contributed by atoms with van der Waals surface area (Å²) in [5, 5.41) is 0.492. The van der Waals surface area contributed by atoms with Crippen LogP contribution < -0.4 is 14.2 Å². The number of fused-ring (bicyclic) bond motifs is 1. The van der Waals surface area contributed by atoms with E-state index in [1.54, 1.807) is 19.2 Å². The molecule has 5 nitrogen and oxygen atoms in total. The van der Waals surface area contributed by atoms with Crippen LogP contribution in [0.1, 0.15) is 5.56 Å². The predicted molar refractivity (Wildman–Crippen MR) is 87.8 cm³/mol. The molecule has 1 N–H and O–H groups in total. The number of nitrogens with one attached hydrogen (secondary N) is 1. The molecule has 2 aromatic rings. The number of rotatable bonds is 4. The molecule has 1 atom stereocenters. The molecule has 7 heteroatoms. The van der Waals surface area contributed by atoms with Gasteiger partial charge in [0.05, 0.1) is 18.0 Å². The van der Waals surface area contributed by atoms with E-state index < -0.39 is 10.0 Å². The average Bonchev–Trinajstić information content (AvgIpc) is 2.54. The molecular weight excluding hydrogens is 338 g/mol. The van der Waals surface area contributed by atoms with Crippen LogP contribution >= 0.6 is 11.6 Å². The molecule has 0 spiro atoms. The first-order chi connectivity index (χ1) is 11.0. The fraction of sp³-hybridized carbons (Fsp3) is 0.250. The maximum atomic E-state index is 12.4. The van der Waals surface area contributed by atoms with Gasteiger partial charge in [0, 0.05) is 5.02 Å². The first kappa shape index (κ1) is 16.1. The predicted octanol–water partition coefficient (Wildman–Crippen LogP) is 2.63. The van der Waals surface area contributed by atoms with Gasteiger partial charge in [-0.25, -0.2) is 13.1 Å². The lowest BCUT2D eigenvalue weighted by Gasteiger charge is -2.26. The molecule has 23 heavy (non-hydrogen) atoms. The summed E-state index contributed by atoms with van der Waals surface area (Å²) in [5.74, 6) is 1.47. The van der Waals surface area contributed by atoms with E-state index in [1.807, 2.05) is 18.2 Å². The Balaban J connectivity index is 1.77. The average molecular weight is 354 g/mol. The monoisotopic (exact) mass is 353 g/mol. The molecule has 1 unspecified atom stereocenters. The van der Waals surface area contributed by atoms with E-state index in [-0.39, 0.29) is 17.5 Å². The Kier molecular flexibility index (Phi) is 4.48. The number of hydrogen-bond donors (Lipinski definition) is 1. The molecule has 0 bridgehead atoms. The van der Waals surface area contributed by atoms with Crippen LogP contribution in [0.2, 0.25) is 5.02 Å². The Bertz CT molecular complexity index is 805. The van der Waals surface area contributed by atoms with Crippen molar-refractivity contribution in [1.82, 2.24) is 4.72 Å². The highest BCUT2D eigenvalue weighted by atomic mass is 35.5. The Morgan fingerprint density at radius 1 is 1.22 bits per heavy atom. The van der Waals surface area contributed by atoms with Gasteiger partial charge in [0.1, 0.15) is 18.1 Å². The number of sulfonamides is 1. The molecule has 0 saturated heterocycles. The van der Waals surface area contributed by atoms with Gasteiger partial charge in [-0.3, -0.25) is 0 Å². The molecule has 122 valence electrons. The minimum absolute atomic E-state index is 0.179. The van der Waals surface area contributed by atoms with Crippen molar-refractivity contribution < 1.29 is 17.9 Å². The van der Waals surface area contributed by atoms with Gasteiger partial charge < -0.3 is 9.47 Å². The fourth-order valence-corrected chi connectivity index (χ4v) is 3.82. The summed E-state index contributed by atoms with van der Waals surface area (Å²) >= 11 is 5.79. The van der Waals surface area contributed by atoms with E-state index in [0.29, 0.717) is 17.2 Å². The van der Waals surface area contributed by atoms with Crippen LogP contribution in [-0.2, 0) is 16.4 Å². The zero-order valence-electron chi connectivity index (χ0n) is 12.5. The van der Waals surface area contributed by atoms with Gasteiger partial charge in [0.25, 0.3) is 0 Å². The van der Waals surface area contributed by atoms with E-state index in [0.717, 1.165) is 11.3 Å². The first-order valence-corrected chi connectivity index (χ1v) is 8.91. The van der Waals surface area contributed by atoms with E-state index in [1.165, 1.54) is 12.1 Å². The summed E-state index contributed by atoms with van der Waals surface area (Å²) in [5.41, 5.74) is 0.916. The smallest absolute Gasteiger partial charge is 0.240 e. The van der Waals surface area contributed by atoms with Crippen molar-refractivity contribution in [3.05, 3.63) is 53.1 Å². The van der Waals surface area contributed by atoms with Crippen LogP contribution in [0, 0.1) is 0 Å². The summed E-state index contributed by atoms with van der Waals surface area (Å²) < 4.78 is 38.3. The number of methoxy groups -OCH3 is 1. The van der Waals surface area contributed by atoms with Crippen LogP contribution in [-0.4, -0.2) is 28.2 Å². The Hall–Kier alpha value is -1.76. The second-order valence-corrected chi connectivity index (χ2v) is 7.41. The van der Waals surface area contributed by atoms with Crippen molar-refractivity contribution in [1.29, 1.82) is 0 Å². The summed E-state index contributed by atoms with van der Waals surface area (Å²) in [6.45, 7) is 0.284. The fourth-order valence-electron chi connectivity index (χ4n) is 2.47. The molecular formula is C16H16ClNO4S. The highest BCUT2D eigenvalue weighted by molar-refractivity contribution is 7.89. The largest absolute Gasteiger partial charge is 0.497 e. The van der Waals surface area contributed by atoms with Crippen LogP contribution in [0.25, 0.3) is 0 Å². The number of hydrogen-bond acceptors (Lipinski definition) is 4. The van der Waals surface area contributed by atoms with E-state index >= 15 is 0 Å². The minimum atomic E-state index is -3.61. The summed E-state index contributed by atoms with van der Waals surface area (Å²) in [7, 11) is -2.03. The molecule has 1 heterocycles. The number of halogens is 1. The van der Waals surface area contributed by atoms with Gasteiger partial charge in [-0.1, -0.05) is 11.6 Å². The van der Waals surface area contributed by atoms with E-state index in [2.05, 4.69) is 4.72 Å². The topological polar surface area (TPSA) is 64.6 Å². The second kappa shape index (κ2) is 6.39. The Morgan fingerprint density at radius 2 is 1.96 bits per heavy atom. The molecule has 0 aromatic heterocycles. The van der Waals surface area contributed by atoms with Crippen molar-refractivity contribution in [3.8, 4) is 11.5 Å². The molecule has 1 aliphatic rings. The standard InChI is InChI=1S/C16H16ClNO4S/c1-21-14-4-7-16-11(9-14)8-13(10-22-16)18-23(19,20)15-5-2-12(17)3-6-15/h2-7,9,13,18H,8,10H2,1H3. The third-order valence-corrected chi connectivity index (χ3v) is 5.41. The van der Waals surface area contributed by atoms with Crippen LogP contribution in [0.4, 0.5) is 0 Å². The lowest BCUT2D eigenvalue weighted by molar-refractivity contribution is 0.253. The zero-order chi connectivity index (χ0) is 16.4. The molecule has 1 aliphatic heterocycles. The lowest BCUT2D eigenvalue weighted by atomic mass is 10.0. The second-order valence-electron chi connectivity index (χ2n) is 5.26. The maximum Gasteiger partial charge on any atom is 0.240 e. The van der Waals surface area contributed by atoms with Gasteiger partial charge in [-0.05, 0) is 54.4 Å². The number of benzene rings is 2. The SMILES string of the molecule is COc1ccc2c(c1)CC(NS(=O)(=O)c1ccc(Cl)cc1)CO2. The molecule has 0 saturated carbocycles. The van der Waals surface area contributed by atoms with E-state index in [4.69, 9.17) is 21.1 Å². The molecule has 0 fully saturated rings. The van der Waals surface area contributed by atoms with Gasteiger partial charge in [0.15, 0.2) is 0 Å². The Labute approximate surface area is 140 Å².